The molecule has 0 bridgehead atoms. The van der Waals surface area contributed by atoms with Gasteiger partial charge >= 0.3 is 5.97 Å². The van der Waals surface area contributed by atoms with Crippen molar-refractivity contribution in [3.8, 4) is 0 Å². The van der Waals surface area contributed by atoms with Crippen LogP contribution in [0.3, 0.4) is 0 Å². The van der Waals surface area contributed by atoms with Crippen LogP contribution in [-0.2, 0) is 6.54 Å². The van der Waals surface area contributed by atoms with Crippen LogP contribution in [0.5, 0.6) is 0 Å². The monoisotopic (exact) mass is 260 g/mol. The minimum Gasteiger partial charge on any atom is -0.478 e. The van der Waals surface area contributed by atoms with Gasteiger partial charge in [-0.2, -0.15) is 0 Å². The molecule has 0 aliphatic heterocycles. The van der Waals surface area contributed by atoms with Gasteiger partial charge in [0.15, 0.2) is 0 Å². The Morgan fingerprint density at radius 2 is 2.17 bits per heavy atom. The smallest absolute Gasteiger partial charge is 0.335 e. The molecule has 0 unspecified atom stereocenters. The van der Waals surface area contributed by atoms with Gasteiger partial charge in [0.05, 0.1) is 11.3 Å². The maximum absolute atomic E-state index is 10.8. The first kappa shape index (κ1) is 12.6. The van der Waals surface area contributed by atoms with Crippen LogP contribution in [0.1, 0.15) is 16.1 Å². The van der Waals surface area contributed by atoms with Crippen molar-refractivity contribution in [2.75, 3.05) is 0 Å². The SMILES string of the molecule is O=C(O)c1cccc(SNCc2ccccn2)c1. The van der Waals surface area contributed by atoms with Gasteiger partial charge in [-0.25, -0.2) is 4.79 Å². The summed E-state index contributed by atoms with van der Waals surface area (Å²) in [5, 5.41) is 8.87. The summed E-state index contributed by atoms with van der Waals surface area (Å²) >= 11 is 1.39. The highest BCUT2D eigenvalue weighted by atomic mass is 32.2. The summed E-state index contributed by atoms with van der Waals surface area (Å²) in [5.41, 5.74) is 1.24. The molecule has 2 rings (SSSR count). The zero-order chi connectivity index (χ0) is 12.8. The lowest BCUT2D eigenvalue weighted by Crippen LogP contribution is -2.04. The van der Waals surface area contributed by atoms with Gasteiger partial charge in [-0.15, -0.1) is 0 Å². The summed E-state index contributed by atoms with van der Waals surface area (Å²) in [4.78, 5) is 15.9. The maximum Gasteiger partial charge on any atom is 0.335 e. The Labute approximate surface area is 109 Å². The summed E-state index contributed by atoms with van der Waals surface area (Å²) in [6, 6.07) is 12.5. The van der Waals surface area contributed by atoms with E-state index in [1.54, 1.807) is 24.4 Å². The second-order valence-electron chi connectivity index (χ2n) is 3.58. The number of carbonyl (C=O) groups is 1. The predicted molar refractivity (Wildman–Crippen MR) is 70.3 cm³/mol. The zero-order valence-electron chi connectivity index (χ0n) is 9.54. The molecule has 1 aromatic heterocycles. The van der Waals surface area contributed by atoms with E-state index in [9.17, 15) is 4.79 Å². The number of benzene rings is 1. The number of aromatic carboxylic acids is 1. The van der Waals surface area contributed by atoms with Gasteiger partial charge in [-0.3, -0.25) is 9.71 Å². The summed E-state index contributed by atoms with van der Waals surface area (Å²) in [6.45, 7) is 0.628. The van der Waals surface area contributed by atoms with Crippen LogP contribution in [0.4, 0.5) is 0 Å². The third-order valence-corrected chi connectivity index (χ3v) is 3.03. The standard InChI is InChI=1S/C13H12N2O2S/c16-13(17)10-4-3-6-12(8-10)18-15-9-11-5-1-2-7-14-11/h1-8,15H,9H2,(H,16,17). The molecule has 0 spiro atoms. The first-order chi connectivity index (χ1) is 8.75. The molecule has 0 amide bonds. The van der Waals surface area contributed by atoms with Crippen molar-refractivity contribution in [1.82, 2.24) is 9.71 Å². The van der Waals surface area contributed by atoms with E-state index < -0.39 is 5.97 Å². The van der Waals surface area contributed by atoms with Crippen LogP contribution in [-0.4, -0.2) is 16.1 Å². The van der Waals surface area contributed by atoms with Crippen LogP contribution < -0.4 is 4.72 Å². The quantitative estimate of drug-likeness (QED) is 0.809. The van der Waals surface area contributed by atoms with Gasteiger partial charge in [0, 0.05) is 17.6 Å². The fourth-order valence-electron chi connectivity index (χ4n) is 1.39. The number of aromatic nitrogens is 1. The third kappa shape index (κ3) is 3.58. The second kappa shape index (κ2) is 6.18. The van der Waals surface area contributed by atoms with E-state index in [1.807, 2.05) is 24.3 Å². The Morgan fingerprint density at radius 3 is 2.89 bits per heavy atom. The zero-order valence-corrected chi connectivity index (χ0v) is 10.4. The predicted octanol–water partition coefficient (Wildman–Crippen LogP) is 2.58. The van der Waals surface area contributed by atoms with Gasteiger partial charge in [-0.05, 0) is 42.3 Å². The minimum absolute atomic E-state index is 0.291. The van der Waals surface area contributed by atoms with E-state index in [1.165, 1.54) is 11.9 Å². The molecule has 0 aliphatic rings. The van der Waals surface area contributed by atoms with E-state index >= 15 is 0 Å². The van der Waals surface area contributed by atoms with Gasteiger partial charge in [0.25, 0.3) is 0 Å². The number of pyridine rings is 1. The summed E-state index contributed by atoms with van der Waals surface area (Å²) in [5.74, 6) is -0.915. The molecular formula is C13H12N2O2S. The van der Waals surface area contributed by atoms with Crippen molar-refractivity contribution in [3.05, 3.63) is 59.9 Å². The number of hydrogen-bond donors (Lipinski definition) is 2. The average molecular weight is 260 g/mol. The first-order valence-electron chi connectivity index (χ1n) is 5.38. The molecule has 4 nitrogen and oxygen atoms in total. The van der Waals surface area contributed by atoms with Crippen LogP contribution in [0.15, 0.2) is 53.6 Å². The van der Waals surface area contributed by atoms with E-state index in [0.717, 1.165) is 10.6 Å². The number of rotatable bonds is 5. The van der Waals surface area contributed by atoms with Crippen molar-refractivity contribution in [3.63, 3.8) is 0 Å². The number of hydrogen-bond acceptors (Lipinski definition) is 4. The number of carboxylic acid groups (broad SMARTS) is 1. The Morgan fingerprint density at radius 1 is 1.28 bits per heavy atom. The molecule has 18 heavy (non-hydrogen) atoms. The average Bonchev–Trinajstić information content (AvgIpc) is 2.40. The third-order valence-electron chi connectivity index (χ3n) is 2.25. The molecule has 92 valence electrons. The van der Waals surface area contributed by atoms with Crippen LogP contribution in [0, 0.1) is 0 Å². The molecule has 5 heteroatoms. The lowest BCUT2D eigenvalue weighted by atomic mass is 10.2. The normalized spacial score (nSPS) is 10.2. The van der Waals surface area contributed by atoms with Crippen molar-refractivity contribution in [2.24, 2.45) is 0 Å². The molecule has 0 fully saturated rings. The Kier molecular flexibility index (Phi) is 4.33. The molecule has 0 aliphatic carbocycles. The van der Waals surface area contributed by atoms with Crippen LogP contribution in [0.25, 0.3) is 0 Å². The maximum atomic E-state index is 10.8. The molecule has 0 saturated heterocycles. The Bertz CT molecular complexity index is 532. The molecule has 1 heterocycles. The van der Waals surface area contributed by atoms with Crippen LogP contribution in [0.2, 0.25) is 0 Å². The second-order valence-corrected chi connectivity index (χ2v) is 4.54. The topological polar surface area (TPSA) is 62.2 Å². The molecule has 0 saturated carbocycles. The van der Waals surface area contributed by atoms with Gasteiger partial charge in [0.1, 0.15) is 0 Å². The number of nitrogens with one attached hydrogen (secondary N) is 1. The van der Waals surface area contributed by atoms with Crippen molar-refractivity contribution < 1.29 is 9.90 Å². The largest absolute Gasteiger partial charge is 0.478 e. The molecule has 0 atom stereocenters. The van der Waals surface area contributed by atoms with Gasteiger partial charge in [0.2, 0.25) is 0 Å². The highest BCUT2D eigenvalue weighted by Crippen LogP contribution is 2.16. The minimum atomic E-state index is -0.915. The Balaban J connectivity index is 1.90. The van der Waals surface area contributed by atoms with Crippen LogP contribution >= 0.6 is 11.9 Å². The van der Waals surface area contributed by atoms with E-state index in [-0.39, 0.29) is 0 Å². The number of carboxylic acids is 1. The highest BCUT2D eigenvalue weighted by molar-refractivity contribution is 7.97. The van der Waals surface area contributed by atoms with E-state index in [0.29, 0.717) is 12.1 Å². The Hall–Kier alpha value is -1.85. The van der Waals surface area contributed by atoms with E-state index in [2.05, 4.69) is 9.71 Å². The summed E-state index contributed by atoms with van der Waals surface area (Å²) in [6.07, 6.45) is 1.74. The van der Waals surface area contributed by atoms with Gasteiger partial charge < -0.3 is 5.11 Å². The number of nitrogens with zero attached hydrogens (tertiary/aromatic N) is 1. The first-order valence-corrected chi connectivity index (χ1v) is 6.20. The summed E-state index contributed by atoms with van der Waals surface area (Å²) in [7, 11) is 0. The summed E-state index contributed by atoms with van der Waals surface area (Å²) < 4.78 is 3.15. The lowest BCUT2D eigenvalue weighted by molar-refractivity contribution is 0.0696. The fourth-order valence-corrected chi connectivity index (χ4v) is 2.11. The van der Waals surface area contributed by atoms with Crippen molar-refractivity contribution >= 4 is 17.9 Å². The molecule has 2 N–H and O–H groups in total. The van der Waals surface area contributed by atoms with Crippen molar-refractivity contribution in [1.29, 1.82) is 0 Å². The molecule has 0 radical (unpaired) electrons. The molecule has 2 aromatic rings. The molecule has 1 aromatic carbocycles. The molecular weight excluding hydrogens is 248 g/mol. The lowest BCUT2D eigenvalue weighted by Gasteiger charge is -2.04. The van der Waals surface area contributed by atoms with E-state index in [4.69, 9.17) is 5.11 Å². The van der Waals surface area contributed by atoms with Gasteiger partial charge in [-0.1, -0.05) is 12.1 Å². The van der Waals surface area contributed by atoms with Crippen molar-refractivity contribution in [2.45, 2.75) is 11.4 Å². The highest BCUT2D eigenvalue weighted by Gasteiger charge is 2.03. The fraction of sp³-hybridized carbons (Fsp3) is 0.0769.